The Labute approximate surface area is 418 Å². The molecule has 1 amide bonds. The van der Waals surface area contributed by atoms with Crippen LogP contribution in [0.5, 0.6) is 11.5 Å². The van der Waals surface area contributed by atoms with Gasteiger partial charge in [-0.1, -0.05) is 36.4 Å². The number of carbonyl (C=O) groups excluding carboxylic acids is 3. The quantitative estimate of drug-likeness (QED) is 0.0358. The molecule has 2 aromatic carbocycles. The van der Waals surface area contributed by atoms with Gasteiger partial charge < -0.3 is 33.4 Å². The second-order valence-electron chi connectivity index (χ2n) is 18.2. The highest BCUT2D eigenvalue weighted by Gasteiger charge is 2.39. The van der Waals surface area contributed by atoms with Crippen LogP contribution in [0.1, 0.15) is 86.2 Å². The van der Waals surface area contributed by atoms with E-state index < -0.39 is 45.1 Å². The van der Waals surface area contributed by atoms with E-state index in [4.69, 9.17) is 33.3 Å². The zero-order valence-corrected chi connectivity index (χ0v) is 43.0. The van der Waals surface area contributed by atoms with E-state index >= 15 is 0 Å². The fourth-order valence-electron chi connectivity index (χ4n) is 7.83. The Morgan fingerprint density at radius 2 is 1.08 bits per heavy atom. The lowest BCUT2D eigenvalue weighted by Gasteiger charge is -2.36. The molecule has 2 fully saturated rings. The van der Waals surface area contributed by atoms with Gasteiger partial charge in [-0.05, 0) is 103 Å². The van der Waals surface area contributed by atoms with Gasteiger partial charge in [0.2, 0.25) is 17.8 Å². The number of anilines is 2. The van der Waals surface area contributed by atoms with Crippen LogP contribution in [0, 0.1) is 11.8 Å². The number of carbonyl (C=O) groups is 3. The highest BCUT2D eigenvalue weighted by atomic mass is 31.2. The second-order valence-corrected chi connectivity index (χ2v) is 21.6. The number of ether oxygens (including phenoxy) is 2. The van der Waals surface area contributed by atoms with Crippen molar-refractivity contribution in [2.45, 2.75) is 111 Å². The summed E-state index contributed by atoms with van der Waals surface area (Å²) in [6.07, 6.45) is 5.14. The molecule has 25 nitrogen and oxygen atoms in total. The summed E-state index contributed by atoms with van der Waals surface area (Å²) in [6, 6.07) is 15.3. The molecule has 2 aliphatic carbocycles. The third-order valence-corrected chi connectivity index (χ3v) is 14.7. The Balaban J connectivity index is 0.000000214. The molecule has 4 atom stereocenters. The zero-order chi connectivity index (χ0) is 52.6. The number of amides is 1. The predicted octanol–water partition coefficient (Wildman–Crippen LogP) is 5.95. The SMILES string of the molecule is CC(=O)Nc1nc2c(ncn2C2CC(COP(=O)(N[C@@H](C)C(=O)OC(C)C)Oc3ccccc3)C2)c(=O)[nH]1.CC(C)OC(=O)[C@H](C)NP(=O)(OCC1CC(n2cnc3c(=O)[nH]c(N)nc32)C1)Oc1ccccc1. The van der Waals surface area contributed by atoms with E-state index in [2.05, 4.69) is 45.4 Å². The number of esters is 2. The number of benzene rings is 2. The lowest BCUT2D eigenvalue weighted by Crippen LogP contribution is -2.37. The number of imidazole rings is 2. The molecule has 392 valence electrons. The number of nitrogens with one attached hydrogen (secondary N) is 5. The Morgan fingerprint density at radius 1 is 0.671 bits per heavy atom. The number of nitrogens with two attached hydrogens (primary N) is 1. The molecule has 27 heteroatoms. The maximum Gasteiger partial charge on any atom is 0.459 e. The smallest absolute Gasteiger partial charge is 0.459 e. The molecule has 0 saturated heterocycles. The number of hydrogen-bond donors (Lipinski definition) is 6. The fourth-order valence-corrected chi connectivity index (χ4v) is 11.0. The second kappa shape index (κ2) is 23.4. The molecular formula is C46H60N12O13P2. The number of fused-ring (bicyclic) bond motifs is 2. The van der Waals surface area contributed by atoms with Gasteiger partial charge in [-0.2, -0.15) is 20.1 Å². The van der Waals surface area contributed by atoms with Crippen LogP contribution in [-0.4, -0.2) is 94.4 Å². The van der Waals surface area contributed by atoms with E-state index in [0.717, 1.165) is 0 Å². The van der Waals surface area contributed by atoms with Gasteiger partial charge in [0.05, 0.1) is 38.1 Å². The van der Waals surface area contributed by atoms with Crippen molar-refractivity contribution < 1.29 is 51.1 Å². The van der Waals surface area contributed by atoms with Gasteiger partial charge in [0, 0.05) is 19.0 Å². The number of para-hydroxylation sites is 2. The van der Waals surface area contributed by atoms with Crippen LogP contribution >= 0.6 is 15.5 Å². The Morgan fingerprint density at radius 3 is 1.49 bits per heavy atom. The number of aromatic amines is 2. The highest BCUT2D eigenvalue weighted by Crippen LogP contribution is 2.49. The average molecular weight is 1050 g/mol. The van der Waals surface area contributed by atoms with Crippen molar-refractivity contribution in [1.29, 1.82) is 0 Å². The molecule has 0 bridgehead atoms. The van der Waals surface area contributed by atoms with Gasteiger partial charge in [-0.25, -0.2) is 19.1 Å². The Kier molecular flexibility index (Phi) is 17.3. The third-order valence-electron chi connectivity index (χ3n) is 11.4. The molecule has 4 aromatic heterocycles. The molecule has 0 spiro atoms. The number of H-pyrrole nitrogens is 2. The van der Waals surface area contributed by atoms with E-state index in [9.17, 15) is 33.1 Å². The number of aromatic nitrogens is 8. The molecule has 2 aliphatic rings. The standard InChI is InChI=1S/C24H31N6O7P.C22H29N6O6P/c1-14(2)36-23(33)15(3)29-38(34,37-19-8-6-5-7-9-19)35-12-17-10-18(11-17)30-13-25-20-21(30)27-24(26-16(4)31)28-22(20)32;1-13(2)33-21(30)14(3)27-35(31,34-17-7-5-4-6-8-17)32-11-15-9-16(10-15)28-12-24-18-19(28)25-22(23)26-20(18)29/h5-9,13-15,17-18H,10-12H2,1-4H3,(H,29,34)(H2,26,27,28,31,32);4-8,12-16H,9-11H2,1-3H3,(H,27,31)(H3,23,25,26,29)/t15-,17?,18?,38?;14-,15?,16?,35?/m00/s1. The van der Waals surface area contributed by atoms with E-state index in [1.54, 1.807) is 113 Å². The van der Waals surface area contributed by atoms with Crippen LogP contribution < -0.4 is 41.4 Å². The van der Waals surface area contributed by atoms with Crippen molar-refractivity contribution in [2.24, 2.45) is 11.8 Å². The molecule has 8 rings (SSSR count). The molecule has 7 N–H and O–H groups in total. The minimum atomic E-state index is -3.94. The molecule has 0 aliphatic heterocycles. The summed E-state index contributed by atoms with van der Waals surface area (Å²) in [5, 5.41) is 7.84. The van der Waals surface area contributed by atoms with Crippen LogP contribution in [0.15, 0.2) is 82.9 Å². The summed E-state index contributed by atoms with van der Waals surface area (Å²) in [5.41, 5.74) is 6.02. The molecule has 6 aromatic rings. The van der Waals surface area contributed by atoms with Gasteiger partial charge in [0.15, 0.2) is 22.3 Å². The van der Waals surface area contributed by atoms with Crippen molar-refractivity contribution in [2.75, 3.05) is 24.3 Å². The minimum absolute atomic E-state index is 0.0181. The number of nitrogen functional groups attached to an aromatic ring is 1. The first-order valence-corrected chi connectivity index (χ1v) is 26.7. The fraction of sp³-hybridized carbons (Fsp3) is 0.457. The summed E-state index contributed by atoms with van der Waals surface area (Å²) < 4.78 is 64.0. The summed E-state index contributed by atoms with van der Waals surface area (Å²) in [6.45, 7) is 11.6. The molecule has 4 heterocycles. The Hall–Kier alpha value is -6.75. The lowest BCUT2D eigenvalue weighted by molar-refractivity contribution is -0.150. The normalized spacial score (nSPS) is 19.8. The number of hydrogen-bond acceptors (Lipinski definition) is 18. The van der Waals surface area contributed by atoms with Gasteiger partial charge >= 0.3 is 27.4 Å². The monoisotopic (exact) mass is 1050 g/mol. The summed E-state index contributed by atoms with van der Waals surface area (Å²) >= 11 is 0. The first kappa shape index (κ1) is 54.0. The average Bonchev–Trinajstić information content (AvgIpc) is 3.90. The first-order valence-electron chi connectivity index (χ1n) is 23.6. The van der Waals surface area contributed by atoms with Crippen molar-refractivity contribution in [3.05, 3.63) is 94.0 Å². The molecular weight excluding hydrogens is 991 g/mol. The zero-order valence-electron chi connectivity index (χ0n) is 41.3. The van der Waals surface area contributed by atoms with E-state index in [0.29, 0.717) is 48.5 Å². The minimum Gasteiger partial charge on any atom is -0.462 e. The van der Waals surface area contributed by atoms with Crippen molar-refractivity contribution in [1.82, 2.24) is 49.2 Å². The largest absolute Gasteiger partial charge is 0.462 e. The third kappa shape index (κ3) is 14.3. The van der Waals surface area contributed by atoms with Crippen LogP contribution in [-0.2, 0) is 42.0 Å². The van der Waals surface area contributed by atoms with Gasteiger partial charge in [0.1, 0.15) is 23.6 Å². The Bertz CT molecular complexity index is 3100. The maximum absolute atomic E-state index is 13.6. The van der Waals surface area contributed by atoms with Crippen LogP contribution in [0.2, 0.25) is 0 Å². The first-order chi connectivity index (χ1) is 34.7. The summed E-state index contributed by atoms with van der Waals surface area (Å²) in [5.74, 6) is -0.638. The molecule has 0 radical (unpaired) electrons. The number of nitrogens with zero attached hydrogens (tertiary/aromatic N) is 6. The van der Waals surface area contributed by atoms with Crippen LogP contribution in [0.4, 0.5) is 11.9 Å². The van der Waals surface area contributed by atoms with Gasteiger partial charge in [0.25, 0.3) is 11.1 Å². The van der Waals surface area contributed by atoms with Crippen LogP contribution in [0.3, 0.4) is 0 Å². The number of rotatable bonds is 21. The summed E-state index contributed by atoms with van der Waals surface area (Å²) in [7, 11) is -7.85. The van der Waals surface area contributed by atoms with E-state index in [1.165, 1.54) is 13.8 Å². The highest BCUT2D eigenvalue weighted by molar-refractivity contribution is 7.52. The van der Waals surface area contributed by atoms with Crippen LogP contribution in [0.25, 0.3) is 22.3 Å². The van der Waals surface area contributed by atoms with Crippen molar-refractivity contribution >= 4 is 67.6 Å². The molecule has 2 unspecified atom stereocenters. The molecule has 73 heavy (non-hydrogen) atoms. The van der Waals surface area contributed by atoms with Crippen molar-refractivity contribution in [3.63, 3.8) is 0 Å². The lowest BCUT2D eigenvalue weighted by atomic mass is 9.81. The van der Waals surface area contributed by atoms with Gasteiger partial charge in [-0.15, -0.1) is 0 Å². The molecule has 2 saturated carbocycles. The van der Waals surface area contributed by atoms with E-state index in [-0.39, 0.29) is 83.7 Å². The van der Waals surface area contributed by atoms with Crippen molar-refractivity contribution in [3.8, 4) is 11.5 Å². The predicted molar refractivity (Wildman–Crippen MR) is 267 cm³/mol. The summed E-state index contributed by atoms with van der Waals surface area (Å²) in [4.78, 5) is 82.0. The van der Waals surface area contributed by atoms with E-state index in [1.807, 2.05) is 4.57 Å². The maximum atomic E-state index is 13.6. The van der Waals surface area contributed by atoms with Gasteiger partial charge in [-0.3, -0.25) is 48.3 Å². The topological polar surface area (TPSA) is 330 Å².